The minimum absolute atomic E-state index is 0.319. The molecule has 0 unspecified atom stereocenters. The topological polar surface area (TPSA) is 24.9 Å². The fourth-order valence-electron chi connectivity index (χ4n) is 1.38. The second-order valence-corrected chi connectivity index (χ2v) is 3.70. The molecular weight excluding hydrogens is 203 g/mol. The van der Waals surface area contributed by atoms with Gasteiger partial charge in [-0.2, -0.15) is 0 Å². The lowest BCUT2D eigenvalue weighted by Gasteiger charge is -2.05. The van der Waals surface area contributed by atoms with Crippen molar-refractivity contribution >= 4 is 5.82 Å². The summed E-state index contributed by atoms with van der Waals surface area (Å²) in [4.78, 5) is 3.92. The molecule has 0 saturated heterocycles. The van der Waals surface area contributed by atoms with Crippen LogP contribution in [0.5, 0.6) is 0 Å². The summed E-state index contributed by atoms with van der Waals surface area (Å²) in [5, 5.41) is 3.13. The lowest BCUT2D eigenvalue weighted by atomic mass is 10.1. The fraction of sp³-hybridized carbons (Fsp3) is 0.154. The first kappa shape index (κ1) is 10.6. The zero-order valence-corrected chi connectivity index (χ0v) is 9.07. The highest BCUT2D eigenvalue weighted by Crippen LogP contribution is 2.07. The highest BCUT2D eigenvalue weighted by molar-refractivity contribution is 5.35. The average Bonchev–Trinajstić information content (AvgIpc) is 2.30. The number of aromatic nitrogens is 1. The molecule has 1 heterocycles. The van der Waals surface area contributed by atoms with Crippen molar-refractivity contribution in [1.29, 1.82) is 0 Å². The summed E-state index contributed by atoms with van der Waals surface area (Å²) in [5.74, 6) is 0.364. The third-order valence-corrected chi connectivity index (χ3v) is 2.32. The molecule has 1 aromatic carbocycles. The largest absolute Gasteiger partial charge is 0.366 e. The molecule has 0 atom stereocenters. The van der Waals surface area contributed by atoms with Crippen molar-refractivity contribution in [2.24, 2.45) is 0 Å². The molecule has 0 aliphatic rings. The standard InChI is InChI=1S/C13H13FN2/c1-10-2-4-11(5-3-10)8-15-13-7-6-12(14)9-16-13/h2-7,9H,8H2,1H3,(H,15,16). The Morgan fingerprint density at radius 1 is 1.12 bits per heavy atom. The molecule has 0 aliphatic carbocycles. The van der Waals surface area contributed by atoms with E-state index in [0.717, 1.165) is 0 Å². The van der Waals surface area contributed by atoms with Crippen molar-refractivity contribution < 1.29 is 4.39 Å². The molecule has 1 N–H and O–H groups in total. The number of rotatable bonds is 3. The SMILES string of the molecule is Cc1ccc(CNc2ccc(F)cn2)cc1. The Morgan fingerprint density at radius 3 is 2.50 bits per heavy atom. The molecule has 0 aliphatic heterocycles. The van der Waals surface area contributed by atoms with Gasteiger partial charge in [0.15, 0.2) is 0 Å². The number of hydrogen-bond acceptors (Lipinski definition) is 2. The molecule has 0 bridgehead atoms. The minimum atomic E-state index is -0.319. The third-order valence-electron chi connectivity index (χ3n) is 2.32. The first-order valence-corrected chi connectivity index (χ1v) is 5.15. The maximum Gasteiger partial charge on any atom is 0.141 e. The summed E-state index contributed by atoms with van der Waals surface area (Å²) in [6.45, 7) is 2.75. The summed E-state index contributed by atoms with van der Waals surface area (Å²) in [6.07, 6.45) is 1.21. The van der Waals surface area contributed by atoms with Gasteiger partial charge in [0.05, 0.1) is 6.20 Å². The molecule has 0 fully saturated rings. The first-order valence-electron chi connectivity index (χ1n) is 5.15. The quantitative estimate of drug-likeness (QED) is 0.852. The van der Waals surface area contributed by atoms with Crippen molar-refractivity contribution in [1.82, 2.24) is 4.98 Å². The average molecular weight is 216 g/mol. The number of anilines is 1. The lowest BCUT2D eigenvalue weighted by molar-refractivity contribution is 0.621. The van der Waals surface area contributed by atoms with Gasteiger partial charge in [-0.05, 0) is 24.6 Å². The lowest BCUT2D eigenvalue weighted by Crippen LogP contribution is -2.01. The first-order chi connectivity index (χ1) is 7.74. The van der Waals surface area contributed by atoms with Crippen LogP contribution in [0.25, 0.3) is 0 Å². The smallest absolute Gasteiger partial charge is 0.141 e. The third kappa shape index (κ3) is 2.79. The van der Waals surface area contributed by atoms with E-state index in [0.29, 0.717) is 12.4 Å². The van der Waals surface area contributed by atoms with E-state index in [9.17, 15) is 4.39 Å². The maximum atomic E-state index is 12.6. The summed E-state index contributed by atoms with van der Waals surface area (Å²) in [7, 11) is 0. The molecule has 0 saturated carbocycles. The van der Waals surface area contributed by atoms with Gasteiger partial charge in [-0.15, -0.1) is 0 Å². The molecule has 1 aromatic heterocycles. The maximum absolute atomic E-state index is 12.6. The van der Waals surface area contributed by atoms with Crippen LogP contribution in [0.15, 0.2) is 42.6 Å². The van der Waals surface area contributed by atoms with Gasteiger partial charge in [0.2, 0.25) is 0 Å². The van der Waals surface area contributed by atoms with Gasteiger partial charge in [0.25, 0.3) is 0 Å². The van der Waals surface area contributed by atoms with Crippen LogP contribution in [0.1, 0.15) is 11.1 Å². The van der Waals surface area contributed by atoms with E-state index in [2.05, 4.69) is 41.5 Å². The fourth-order valence-corrected chi connectivity index (χ4v) is 1.38. The predicted molar refractivity (Wildman–Crippen MR) is 62.7 cm³/mol. The number of benzene rings is 1. The Kier molecular flexibility index (Phi) is 3.15. The van der Waals surface area contributed by atoms with Crippen LogP contribution in [-0.4, -0.2) is 4.98 Å². The van der Waals surface area contributed by atoms with Crippen LogP contribution in [0, 0.1) is 12.7 Å². The predicted octanol–water partition coefficient (Wildman–Crippen LogP) is 3.14. The Bertz CT molecular complexity index is 403. The number of halogens is 1. The van der Waals surface area contributed by atoms with E-state index in [1.807, 2.05) is 0 Å². The number of nitrogens with zero attached hydrogens (tertiary/aromatic N) is 1. The van der Waals surface area contributed by atoms with Crippen LogP contribution in [0.4, 0.5) is 10.2 Å². The number of nitrogens with one attached hydrogen (secondary N) is 1. The van der Waals surface area contributed by atoms with Crippen LogP contribution in [-0.2, 0) is 6.54 Å². The van der Waals surface area contributed by atoms with Crippen molar-refractivity contribution in [2.45, 2.75) is 13.5 Å². The highest BCUT2D eigenvalue weighted by Gasteiger charge is 1.95. The van der Waals surface area contributed by atoms with Crippen LogP contribution >= 0.6 is 0 Å². The second kappa shape index (κ2) is 4.75. The van der Waals surface area contributed by atoms with Crippen molar-refractivity contribution in [2.75, 3.05) is 5.32 Å². The highest BCUT2D eigenvalue weighted by atomic mass is 19.1. The Morgan fingerprint density at radius 2 is 1.88 bits per heavy atom. The summed E-state index contributed by atoms with van der Waals surface area (Å²) < 4.78 is 12.6. The minimum Gasteiger partial charge on any atom is -0.366 e. The zero-order valence-electron chi connectivity index (χ0n) is 9.07. The van der Waals surface area contributed by atoms with E-state index in [4.69, 9.17) is 0 Å². The molecule has 0 amide bonds. The monoisotopic (exact) mass is 216 g/mol. The van der Waals surface area contributed by atoms with E-state index < -0.39 is 0 Å². The van der Waals surface area contributed by atoms with Gasteiger partial charge in [0, 0.05) is 6.54 Å². The second-order valence-electron chi connectivity index (χ2n) is 3.70. The van der Waals surface area contributed by atoms with E-state index in [1.165, 1.54) is 23.4 Å². The van der Waals surface area contributed by atoms with E-state index >= 15 is 0 Å². The number of aryl methyl sites for hydroxylation is 1. The van der Waals surface area contributed by atoms with Crippen molar-refractivity contribution in [3.8, 4) is 0 Å². The van der Waals surface area contributed by atoms with Crippen LogP contribution in [0.2, 0.25) is 0 Å². The molecule has 82 valence electrons. The van der Waals surface area contributed by atoms with Crippen molar-refractivity contribution in [3.05, 3.63) is 59.5 Å². The van der Waals surface area contributed by atoms with Gasteiger partial charge < -0.3 is 5.32 Å². The molecule has 3 heteroatoms. The molecule has 2 aromatic rings. The number of pyridine rings is 1. The molecule has 2 rings (SSSR count). The van der Waals surface area contributed by atoms with Crippen molar-refractivity contribution in [3.63, 3.8) is 0 Å². The zero-order chi connectivity index (χ0) is 11.4. The van der Waals surface area contributed by atoms with Gasteiger partial charge in [-0.3, -0.25) is 0 Å². The van der Waals surface area contributed by atoms with Gasteiger partial charge >= 0.3 is 0 Å². The Balaban J connectivity index is 1.97. The van der Waals surface area contributed by atoms with Gasteiger partial charge in [-0.25, -0.2) is 9.37 Å². The molecule has 16 heavy (non-hydrogen) atoms. The normalized spacial score (nSPS) is 10.1. The molecular formula is C13H13FN2. The molecule has 0 spiro atoms. The van der Waals surface area contributed by atoms with Crippen LogP contribution < -0.4 is 5.32 Å². The van der Waals surface area contributed by atoms with E-state index in [-0.39, 0.29) is 5.82 Å². The summed E-state index contributed by atoms with van der Waals surface area (Å²) in [5.41, 5.74) is 2.42. The molecule has 0 radical (unpaired) electrons. The Labute approximate surface area is 94.2 Å². The number of hydrogen-bond donors (Lipinski definition) is 1. The molecule has 2 nitrogen and oxygen atoms in total. The summed E-state index contributed by atoms with van der Waals surface area (Å²) >= 11 is 0. The van der Waals surface area contributed by atoms with Gasteiger partial charge in [-0.1, -0.05) is 29.8 Å². The Hall–Kier alpha value is -1.90. The van der Waals surface area contributed by atoms with Gasteiger partial charge in [0.1, 0.15) is 11.6 Å². The van der Waals surface area contributed by atoms with E-state index in [1.54, 1.807) is 6.07 Å². The summed E-state index contributed by atoms with van der Waals surface area (Å²) in [6, 6.07) is 11.3. The van der Waals surface area contributed by atoms with Crippen LogP contribution in [0.3, 0.4) is 0 Å².